The number of thiazole rings is 1. The standard InChI is InChI=1S/C34H40ClN9O11S2/c1-33(2,29(50)51)55-40-24(20-16-56-31(36)39-20)22(46)15-19-27(49)41-17-34(30(52)53,57-28(19)41)42-9-10-43(32(42)54)38-8-14-44(11-3-4-12-44)13-7-37-26(48)18-5-6-21(45)25(47)23(18)35/h5-6,8,16,19,28H,3-4,7,9-15,17H2,1-2H3,(H6-,36,37,39,40,45,46,47,48,50,51,52,53)/p+1/b38-8+/t19-,28-,34-/m1/s1. The summed E-state index contributed by atoms with van der Waals surface area (Å²) in [5.41, 5.74) is 3.64. The van der Waals surface area contributed by atoms with E-state index < -0.39 is 75.3 Å². The molecule has 4 aliphatic rings. The molecular weight excluding hydrogens is 810 g/mol. The van der Waals surface area contributed by atoms with Crippen molar-refractivity contribution >= 4 is 87.3 Å². The van der Waals surface area contributed by atoms with Gasteiger partial charge in [0.1, 0.15) is 12.2 Å². The maximum absolute atomic E-state index is 13.7. The minimum absolute atomic E-state index is 0.00792. The number of ketones is 1. The van der Waals surface area contributed by atoms with Gasteiger partial charge in [0.15, 0.2) is 28.1 Å². The molecule has 6 rings (SSSR count). The highest BCUT2D eigenvalue weighted by Crippen LogP contribution is 2.53. The van der Waals surface area contributed by atoms with Crippen LogP contribution in [-0.2, 0) is 24.0 Å². The first kappa shape index (κ1) is 41.4. The topological polar surface area (TPSA) is 278 Å². The number of aromatic nitrogens is 1. The van der Waals surface area contributed by atoms with E-state index >= 15 is 0 Å². The zero-order chi connectivity index (χ0) is 41.4. The Morgan fingerprint density at radius 3 is 2.54 bits per heavy atom. The summed E-state index contributed by atoms with van der Waals surface area (Å²) in [6, 6.07) is 1.82. The molecule has 20 nitrogen and oxygen atoms in total. The fraction of sp³-hybridized carbons (Fsp3) is 0.500. The fourth-order valence-corrected chi connectivity index (χ4v) is 9.58. The number of phenols is 2. The summed E-state index contributed by atoms with van der Waals surface area (Å²) in [5, 5.41) is 52.1. The van der Waals surface area contributed by atoms with E-state index in [0.29, 0.717) is 17.6 Å². The summed E-state index contributed by atoms with van der Waals surface area (Å²) in [5.74, 6) is -6.38. The van der Waals surface area contributed by atoms with E-state index in [1.165, 1.54) is 46.2 Å². The van der Waals surface area contributed by atoms with Crippen LogP contribution in [0.2, 0.25) is 5.02 Å². The van der Waals surface area contributed by atoms with E-state index in [9.17, 15) is 49.2 Å². The second-order valence-corrected chi connectivity index (χ2v) is 17.2. The van der Waals surface area contributed by atoms with Gasteiger partial charge in [0.25, 0.3) is 5.91 Å². The number of fused-ring (bicyclic) bond motifs is 1. The molecule has 4 saturated heterocycles. The van der Waals surface area contributed by atoms with Crippen LogP contribution >= 0.6 is 34.7 Å². The fourth-order valence-electron chi connectivity index (χ4n) is 7.09. The smallest absolute Gasteiger partial charge is 0.350 e. The lowest BCUT2D eigenvalue weighted by Gasteiger charge is -2.40. The average Bonchev–Trinajstić information content (AvgIpc) is 3.96. The van der Waals surface area contributed by atoms with E-state index in [0.717, 1.165) is 49.0 Å². The van der Waals surface area contributed by atoms with Gasteiger partial charge in [-0.1, -0.05) is 28.5 Å². The number of carbonyl (C=O) groups excluding carboxylic acids is 4. The Labute approximate surface area is 338 Å². The third kappa shape index (κ3) is 8.03. The number of nitrogens with two attached hydrogens (primary N) is 1. The first-order valence-electron chi connectivity index (χ1n) is 17.8. The minimum atomic E-state index is -1.85. The maximum atomic E-state index is 13.7. The summed E-state index contributed by atoms with van der Waals surface area (Å²) in [6.45, 7) is 5.09. The van der Waals surface area contributed by atoms with Crippen molar-refractivity contribution in [1.82, 2.24) is 25.1 Å². The van der Waals surface area contributed by atoms with Crippen LogP contribution in [0.5, 0.6) is 11.5 Å². The molecular formula is C34H41ClN9O11S2+. The summed E-state index contributed by atoms with van der Waals surface area (Å²) in [4.78, 5) is 87.7. The van der Waals surface area contributed by atoms with Gasteiger partial charge in [-0.05, 0) is 26.0 Å². The van der Waals surface area contributed by atoms with Crippen LogP contribution in [0.4, 0.5) is 9.93 Å². The number of Topliss-reactive ketones (excluding diaryl/α,β-unsaturated/α-hetero) is 1. The number of likely N-dealkylation sites (tertiary alicyclic amines) is 1. The Balaban J connectivity index is 1.08. The van der Waals surface area contributed by atoms with Gasteiger partial charge >= 0.3 is 18.0 Å². The van der Waals surface area contributed by atoms with Crippen LogP contribution in [0.1, 0.15) is 49.2 Å². The number of nitrogen functional groups attached to an aromatic ring is 1. The number of halogens is 1. The van der Waals surface area contributed by atoms with Gasteiger partial charge in [0.2, 0.25) is 16.4 Å². The van der Waals surface area contributed by atoms with Crippen molar-refractivity contribution in [2.75, 3.05) is 58.1 Å². The molecule has 4 aliphatic heterocycles. The molecule has 1 aromatic heterocycles. The van der Waals surface area contributed by atoms with Crippen molar-refractivity contribution in [3.63, 3.8) is 0 Å². The molecule has 0 aliphatic carbocycles. The number of carbonyl (C=O) groups is 6. The predicted octanol–water partition coefficient (Wildman–Crippen LogP) is 1.41. The van der Waals surface area contributed by atoms with Crippen LogP contribution in [-0.4, -0.2) is 160 Å². The van der Waals surface area contributed by atoms with E-state index in [4.69, 9.17) is 22.2 Å². The number of carboxylic acids is 2. The summed E-state index contributed by atoms with van der Waals surface area (Å²) < 4.78 is 0.573. The number of benzene rings is 1. The molecule has 306 valence electrons. The van der Waals surface area contributed by atoms with Crippen molar-refractivity contribution in [3.05, 3.63) is 33.8 Å². The number of thioether (sulfide) groups is 1. The lowest BCUT2D eigenvalue weighted by Crippen LogP contribution is -2.59. The van der Waals surface area contributed by atoms with Crippen molar-refractivity contribution in [2.24, 2.45) is 16.2 Å². The number of rotatable bonds is 16. The quantitative estimate of drug-likeness (QED) is 0.0458. The Hall–Kier alpha value is -5.19. The molecule has 5 heterocycles. The Bertz CT molecular complexity index is 2060. The monoisotopic (exact) mass is 850 g/mol. The first-order valence-corrected chi connectivity index (χ1v) is 19.9. The van der Waals surface area contributed by atoms with E-state index in [-0.39, 0.29) is 53.3 Å². The number of amides is 4. The minimum Gasteiger partial charge on any atom is -0.504 e. The second-order valence-electron chi connectivity index (χ2n) is 14.5. The van der Waals surface area contributed by atoms with Crippen LogP contribution in [0.25, 0.3) is 0 Å². The molecule has 23 heteroatoms. The number of nitrogens with one attached hydrogen (secondary N) is 1. The largest absolute Gasteiger partial charge is 0.504 e. The van der Waals surface area contributed by atoms with Gasteiger partial charge in [-0.3, -0.25) is 19.3 Å². The molecule has 2 aromatic rings. The molecule has 0 spiro atoms. The van der Waals surface area contributed by atoms with E-state index in [1.807, 2.05) is 0 Å². The summed E-state index contributed by atoms with van der Waals surface area (Å²) in [7, 11) is 0. The first-order chi connectivity index (χ1) is 26.9. The van der Waals surface area contributed by atoms with Crippen LogP contribution in [0, 0.1) is 5.92 Å². The number of β-lactam (4-membered cyclic amide) rings is 1. The van der Waals surface area contributed by atoms with Gasteiger partial charge in [0.05, 0.1) is 67.4 Å². The normalized spacial score (nSPS) is 23.2. The highest BCUT2D eigenvalue weighted by molar-refractivity contribution is 8.02. The number of oxime groups is 1. The van der Waals surface area contributed by atoms with Crippen LogP contribution < -0.4 is 11.1 Å². The zero-order valence-corrected chi connectivity index (χ0v) is 33.2. The highest BCUT2D eigenvalue weighted by Gasteiger charge is 2.66. The molecule has 7 N–H and O–H groups in total. The number of nitrogens with zero attached hydrogens (tertiary/aromatic N) is 7. The number of hydrazone groups is 1. The molecule has 3 atom stereocenters. The molecule has 0 radical (unpaired) electrons. The number of aliphatic carboxylic acids is 2. The number of quaternary nitrogens is 1. The molecule has 0 saturated carbocycles. The number of urea groups is 1. The Morgan fingerprint density at radius 1 is 1.18 bits per heavy atom. The van der Waals surface area contributed by atoms with Crippen molar-refractivity contribution in [3.8, 4) is 11.5 Å². The second kappa shape index (κ2) is 16.0. The van der Waals surface area contributed by atoms with Gasteiger partial charge in [-0.2, -0.15) is 5.10 Å². The summed E-state index contributed by atoms with van der Waals surface area (Å²) in [6.07, 6.45) is 3.08. The van der Waals surface area contributed by atoms with Gasteiger partial charge in [0, 0.05) is 31.2 Å². The Kier molecular flexibility index (Phi) is 11.6. The molecule has 4 fully saturated rings. The lowest BCUT2D eigenvalue weighted by atomic mass is 9.90. The van der Waals surface area contributed by atoms with Crippen molar-refractivity contribution in [2.45, 2.75) is 49.0 Å². The number of anilines is 1. The zero-order valence-electron chi connectivity index (χ0n) is 30.8. The molecule has 0 bridgehead atoms. The third-order valence-electron chi connectivity index (χ3n) is 10.4. The SMILES string of the molecule is CC(C)(O/N=C(\C(=O)C[C@@H]1C(=O)N2C[C@@](C(=O)O)(N3CCN(/N=C/C[N+]4(CCNC(=O)c5ccc(O)c(O)c5Cl)CCCC4)C3=O)S[C@H]12)c1csc(N)n1)C(=O)O. The number of aromatic hydroxyl groups is 2. The van der Waals surface area contributed by atoms with E-state index in [1.54, 1.807) is 6.21 Å². The van der Waals surface area contributed by atoms with Crippen LogP contribution in [0.3, 0.4) is 0 Å². The number of carboxylic acid groups (broad SMARTS) is 2. The number of hydrogen-bond donors (Lipinski definition) is 6. The molecule has 1 aromatic carbocycles. The molecule has 4 amide bonds. The van der Waals surface area contributed by atoms with Gasteiger partial charge < -0.3 is 45.7 Å². The summed E-state index contributed by atoms with van der Waals surface area (Å²) >= 11 is 7.94. The maximum Gasteiger partial charge on any atom is 0.350 e. The molecule has 0 unspecified atom stereocenters. The number of hydrogen-bond acceptors (Lipinski definition) is 15. The predicted molar refractivity (Wildman–Crippen MR) is 206 cm³/mol. The van der Waals surface area contributed by atoms with Crippen LogP contribution in [0.15, 0.2) is 27.8 Å². The van der Waals surface area contributed by atoms with Crippen molar-refractivity contribution < 1.29 is 58.5 Å². The molecule has 57 heavy (non-hydrogen) atoms. The highest BCUT2D eigenvalue weighted by atomic mass is 35.5. The third-order valence-corrected chi connectivity index (χ3v) is 13.2. The number of phenolic OH excluding ortho intramolecular Hbond substituents is 2. The van der Waals surface area contributed by atoms with Gasteiger partial charge in [-0.25, -0.2) is 24.4 Å². The lowest BCUT2D eigenvalue weighted by molar-refractivity contribution is -0.906. The van der Waals surface area contributed by atoms with Gasteiger partial charge in [-0.15, -0.1) is 11.3 Å². The van der Waals surface area contributed by atoms with E-state index in [2.05, 4.69) is 20.6 Å². The van der Waals surface area contributed by atoms with Crippen molar-refractivity contribution in [1.29, 1.82) is 0 Å². The Morgan fingerprint density at radius 2 is 1.89 bits per heavy atom. The average molecular weight is 851 g/mol.